The first-order chi connectivity index (χ1) is 8.20. The van der Waals surface area contributed by atoms with Crippen molar-refractivity contribution in [3.05, 3.63) is 48.1 Å². The average Bonchev–Trinajstić information content (AvgIpc) is 2.31. The van der Waals surface area contributed by atoms with Crippen molar-refractivity contribution in [3.8, 4) is 17.2 Å². The monoisotopic (exact) mass is 231 g/mol. The molecule has 0 aliphatic heterocycles. The van der Waals surface area contributed by atoms with Crippen molar-refractivity contribution in [2.75, 3.05) is 0 Å². The molecule has 84 valence electrons. The van der Waals surface area contributed by atoms with Gasteiger partial charge < -0.3 is 0 Å². The van der Waals surface area contributed by atoms with E-state index in [0.29, 0.717) is 11.4 Å². The zero-order chi connectivity index (χ0) is 12.3. The first-order valence-electron chi connectivity index (χ1n) is 4.84. The average molecular weight is 231 g/mol. The Hall–Kier alpha value is -2.35. The molecule has 0 aliphatic rings. The second kappa shape index (κ2) is 4.66. The molecule has 0 N–H and O–H groups in total. The van der Waals surface area contributed by atoms with E-state index in [1.54, 1.807) is 0 Å². The van der Waals surface area contributed by atoms with Crippen LogP contribution in [0.5, 0.6) is 0 Å². The van der Waals surface area contributed by atoms with Gasteiger partial charge >= 0.3 is 0 Å². The van der Waals surface area contributed by atoms with E-state index in [9.17, 15) is 8.78 Å². The normalized spacial score (nSPS) is 9.94. The van der Waals surface area contributed by atoms with Crippen LogP contribution in [0.15, 0.2) is 30.6 Å². The minimum absolute atomic E-state index is 0.103. The molecule has 17 heavy (non-hydrogen) atoms. The van der Waals surface area contributed by atoms with Gasteiger partial charge in [-0.1, -0.05) is 0 Å². The van der Waals surface area contributed by atoms with Gasteiger partial charge in [-0.3, -0.25) is 0 Å². The van der Waals surface area contributed by atoms with Gasteiger partial charge in [-0.05, 0) is 12.1 Å². The van der Waals surface area contributed by atoms with E-state index in [1.165, 1.54) is 24.5 Å². The summed E-state index contributed by atoms with van der Waals surface area (Å²) in [5.74, 6) is -0.923. The molecule has 2 aromatic rings. The fourth-order valence-electron chi connectivity index (χ4n) is 1.38. The maximum atomic E-state index is 13.4. The van der Waals surface area contributed by atoms with Crippen LogP contribution < -0.4 is 0 Å². The minimum Gasteiger partial charge on any atom is -0.240 e. The molecule has 0 spiro atoms. The van der Waals surface area contributed by atoms with Gasteiger partial charge in [0, 0.05) is 29.6 Å². The summed E-state index contributed by atoms with van der Waals surface area (Å²) in [5.41, 5.74) is 0.680. The highest BCUT2D eigenvalue weighted by Gasteiger charge is 2.07. The van der Waals surface area contributed by atoms with Crippen LogP contribution in [0.1, 0.15) is 5.82 Å². The molecule has 1 aromatic heterocycles. The molecule has 1 heterocycles. The second-order valence-electron chi connectivity index (χ2n) is 3.35. The molecule has 0 aliphatic carbocycles. The Morgan fingerprint density at radius 2 is 1.88 bits per heavy atom. The lowest BCUT2D eigenvalue weighted by Crippen LogP contribution is -1.94. The number of nitrogens with zero attached hydrogens (tertiary/aromatic N) is 3. The second-order valence-corrected chi connectivity index (χ2v) is 3.35. The Morgan fingerprint density at radius 1 is 1.18 bits per heavy atom. The summed E-state index contributed by atoms with van der Waals surface area (Å²) in [7, 11) is 0. The van der Waals surface area contributed by atoms with E-state index >= 15 is 0 Å². The molecule has 1 aromatic carbocycles. The predicted molar refractivity (Wildman–Crippen MR) is 56.7 cm³/mol. The van der Waals surface area contributed by atoms with E-state index in [4.69, 9.17) is 5.26 Å². The molecular formula is C12H7F2N3. The third-order valence-corrected chi connectivity index (χ3v) is 2.18. The van der Waals surface area contributed by atoms with Crippen LogP contribution in [0, 0.1) is 23.0 Å². The summed E-state index contributed by atoms with van der Waals surface area (Å²) >= 11 is 0. The molecule has 0 radical (unpaired) electrons. The Morgan fingerprint density at radius 3 is 2.47 bits per heavy atom. The van der Waals surface area contributed by atoms with E-state index in [2.05, 4.69) is 9.97 Å². The van der Waals surface area contributed by atoms with Crippen molar-refractivity contribution in [2.24, 2.45) is 0 Å². The lowest BCUT2D eigenvalue weighted by atomic mass is 10.1. The molecule has 0 amide bonds. The Bertz CT molecular complexity index is 573. The summed E-state index contributed by atoms with van der Waals surface area (Å²) in [6.45, 7) is 0. The summed E-state index contributed by atoms with van der Waals surface area (Å²) in [6, 6.07) is 5.21. The number of halogens is 2. The van der Waals surface area contributed by atoms with E-state index in [1.807, 2.05) is 6.07 Å². The highest BCUT2D eigenvalue weighted by Crippen LogP contribution is 2.21. The maximum Gasteiger partial charge on any atom is 0.142 e. The molecule has 0 unspecified atom stereocenters. The third kappa shape index (κ3) is 2.42. The third-order valence-electron chi connectivity index (χ3n) is 2.18. The lowest BCUT2D eigenvalue weighted by Gasteiger charge is -2.03. The lowest BCUT2D eigenvalue weighted by molar-refractivity contribution is 0.585. The fraction of sp³-hybridized carbons (Fsp3) is 0.0833. The minimum atomic E-state index is -0.665. The van der Waals surface area contributed by atoms with Crippen LogP contribution in [0.3, 0.4) is 0 Å². The summed E-state index contributed by atoms with van der Waals surface area (Å²) in [5, 5.41) is 8.45. The van der Waals surface area contributed by atoms with Gasteiger partial charge in [0.05, 0.1) is 12.5 Å². The van der Waals surface area contributed by atoms with Gasteiger partial charge in [0.1, 0.15) is 17.5 Å². The molecule has 5 heteroatoms. The highest BCUT2D eigenvalue weighted by atomic mass is 19.1. The van der Waals surface area contributed by atoms with Crippen molar-refractivity contribution >= 4 is 0 Å². The number of nitriles is 1. The van der Waals surface area contributed by atoms with Crippen LogP contribution in [0.4, 0.5) is 8.78 Å². The highest BCUT2D eigenvalue weighted by molar-refractivity contribution is 5.62. The predicted octanol–water partition coefficient (Wildman–Crippen LogP) is 2.49. The van der Waals surface area contributed by atoms with Crippen molar-refractivity contribution in [1.82, 2.24) is 9.97 Å². The van der Waals surface area contributed by atoms with Gasteiger partial charge in [-0.2, -0.15) is 5.26 Å². The molecule has 0 bridgehead atoms. The standard InChI is InChI=1S/C12H7F2N3/c13-9-1-2-10(11(14)5-9)8-6-16-12(3-4-15)17-7-8/h1-2,5-7H,3H2. The number of benzene rings is 1. The van der Waals surface area contributed by atoms with Crippen molar-refractivity contribution < 1.29 is 8.78 Å². The number of hydrogen-bond acceptors (Lipinski definition) is 3. The van der Waals surface area contributed by atoms with Crippen LogP contribution >= 0.6 is 0 Å². The first-order valence-corrected chi connectivity index (χ1v) is 4.84. The van der Waals surface area contributed by atoms with Gasteiger partial charge in [-0.25, -0.2) is 18.7 Å². The molecule has 3 nitrogen and oxygen atoms in total. The van der Waals surface area contributed by atoms with Crippen LogP contribution in [-0.2, 0) is 6.42 Å². The summed E-state index contributed by atoms with van der Waals surface area (Å²) in [6.07, 6.45) is 2.93. The molecular weight excluding hydrogens is 224 g/mol. The quantitative estimate of drug-likeness (QED) is 0.797. The van der Waals surface area contributed by atoms with Gasteiger partial charge in [0.2, 0.25) is 0 Å². The largest absolute Gasteiger partial charge is 0.240 e. The summed E-state index contributed by atoms with van der Waals surface area (Å²) < 4.78 is 26.2. The van der Waals surface area contributed by atoms with Crippen molar-refractivity contribution in [3.63, 3.8) is 0 Å². The Labute approximate surface area is 96.4 Å². The smallest absolute Gasteiger partial charge is 0.142 e. The molecule has 2 rings (SSSR count). The summed E-state index contributed by atoms with van der Waals surface area (Å²) in [4.78, 5) is 7.83. The molecule has 0 fully saturated rings. The van der Waals surface area contributed by atoms with Crippen LogP contribution in [0.25, 0.3) is 11.1 Å². The molecule has 0 atom stereocenters. The molecule has 0 saturated heterocycles. The zero-order valence-corrected chi connectivity index (χ0v) is 8.69. The SMILES string of the molecule is N#CCc1ncc(-c2ccc(F)cc2F)cn1. The fourth-order valence-corrected chi connectivity index (χ4v) is 1.38. The topological polar surface area (TPSA) is 49.6 Å². The molecule has 0 saturated carbocycles. The van der Waals surface area contributed by atoms with E-state index in [0.717, 1.165) is 6.07 Å². The van der Waals surface area contributed by atoms with Gasteiger partial charge in [-0.15, -0.1) is 0 Å². The van der Waals surface area contributed by atoms with E-state index in [-0.39, 0.29) is 12.0 Å². The number of rotatable bonds is 2. The first kappa shape index (κ1) is 11.1. The van der Waals surface area contributed by atoms with E-state index < -0.39 is 11.6 Å². The Balaban J connectivity index is 2.37. The van der Waals surface area contributed by atoms with Crippen LogP contribution in [-0.4, -0.2) is 9.97 Å². The number of hydrogen-bond donors (Lipinski definition) is 0. The maximum absolute atomic E-state index is 13.4. The van der Waals surface area contributed by atoms with Crippen molar-refractivity contribution in [1.29, 1.82) is 5.26 Å². The van der Waals surface area contributed by atoms with Gasteiger partial charge in [0.15, 0.2) is 0 Å². The Kier molecular flexibility index (Phi) is 3.06. The van der Waals surface area contributed by atoms with Crippen LogP contribution in [0.2, 0.25) is 0 Å². The number of aromatic nitrogens is 2. The zero-order valence-electron chi connectivity index (χ0n) is 8.69. The van der Waals surface area contributed by atoms with Gasteiger partial charge in [0.25, 0.3) is 0 Å². The van der Waals surface area contributed by atoms with Crippen molar-refractivity contribution in [2.45, 2.75) is 6.42 Å².